The van der Waals surface area contributed by atoms with Crippen molar-refractivity contribution in [3.63, 3.8) is 0 Å². The Morgan fingerprint density at radius 1 is 0.355 bits per heavy atom. The molecular formula is C30H34F27NO4. The fraction of sp³-hybridized carbons (Fsp3) is 1.00. The summed E-state index contributed by atoms with van der Waals surface area (Å²) in [7, 11) is 0. The van der Waals surface area contributed by atoms with Crippen LogP contribution in [0.1, 0.15) is 66.2 Å². The zero-order valence-electron chi connectivity index (χ0n) is 31.5. The lowest BCUT2D eigenvalue weighted by Gasteiger charge is -2.52. The van der Waals surface area contributed by atoms with Crippen molar-refractivity contribution >= 4 is 0 Å². The SMILES string of the molecule is CCC1(CC)CC(OCC(COC(C(F)(F)F)(C(F)(F)F)C(F)(F)F)(COC(C(F)(F)F)(C(F)(F)F)C(F)(F)F)COC(C(F)(F)F)(C(F)(F)F)C(F)(F)F)CC(CC)(CC)N1. The summed E-state index contributed by atoms with van der Waals surface area (Å²) in [6, 6.07) is 0. The Bertz CT molecular complexity index is 1180. The molecule has 0 aliphatic carbocycles. The smallest absolute Gasteiger partial charge is 0.377 e. The van der Waals surface area contributed by atoms with Crippen molar-refractivity contribution < 1.29 is 137 Å². The van der Waals surface area contributed by atoms with Gasteiger partial charge >= 0.3 is 72.4 Å². The summed E-state index contributed by atoms with van der Waals surface area (Å²) in [6.45, 7) is -9.02. The first-order valence-corrected chi connectivity index (χ1v) is 17.0. The molecule has 0 saturated carbocycles. The number of hydrogen-bond acceptors (Lipinski definition) is 5. The van der Waals surface area contributed by atoms with E-state index in [1.165, 1.54) is 27.7 Å². The Balaban J connectivity index is 4.62. The molecule has 0 aromatic rings. The molecule has 0 bridgehead atoms. The molecule has 1 rings (SSSR count). The summed E-state index contributed by atoms with van der Waals surface area (Å²) in [5.74, 6) is 0. The molecule has 0 amide bonds. The molecule has 0 unspecified atom stereocenters. The van der Waals surface area contributed by atoms with Crippen LogP contribution in [0, 0.1) is 5.41 Å². The molecule has 0 aromatic carbocycles. The number of hydrogen-bond donors (Lipinski definition) is 1. The zero-order valence-corrected chi connectivity index (χ0v) is 31.5. The van der Waals surface area contributed by atoms with Gasteiger partial charge in [0.05, 0.1) is 37.9 Å². The quantitative estimate of drug-likeness (QED) is 0.156. The van der Waals surface area contributed by atoms with Gasteiger partial charge in [-0.3, -0.25) is 0 Å². The van der Waals surface area contributed by atoms with Crippen molar-refractivity contribution in [3.05, 3.63) is 0 Å². The van der Waals surface area contributed by atoms with E-state index in [0.717, 1.165) is 0 Å². The minimum Gasteiger partial charge on any atom is -0.377 e. The lowest BCUT2D eigenvalue weighted by atomic mass is 9.72. The van der Waals surface area contributed by atoms with Gasteiger partial charge in [0.2, 0.25) is 0 Å². The first kappa shape index (κ1) is 57.9. The van der Waals surface area contributed by atoms with Gasteiger partial charge in [-0.25, -0.2) is 0 Å². The third kappa shape index (κ3) is 10.5. The van der Waals surface area contributed by atoms with Gasteiger partial charge in [0, 0.05) is 11.1 Å². The van der Waals surface area contributed by atoms with E-state index in [9.17, 15) is 119 Å². The zero-order chi connectivity index (χ0) is 49.7. The standard InChI is InChI=1S/C30H34F27NO4/c1-5-17(6-2)9-15(10-18(7-3,8-4)58-17)59-11-16(12-60-19(22(31,32)33,23(34,35)36)24(37,38)39,13-61-20(25(40,41)42,26(43,44)45)27(46,47)48)14-62-21(28(49,50)51,29(52,53)54)30(55,56)57/h15,58H,5-14H2,1-4H3. The van der Waals surface area contributed by atoms with E-state index in [2.05, 4.69) is 19.5 Å². The molecule has 1 aliphatic heterocycles. The second kappa shape index (κ2) is 17.6. The maximum Gasteiger partial charge on any atom is 0.435 e. The Morgan fingerprint density at radius 2 is 0.548 bits per heavy atom. The Hall–Kier alpha value is -2.09. The van der Waals surface area contributed by atoms with Crippen LogP contribution in [0.3, 0.4) is 0 Å². The van der Waals surface area contributed by atoms with Crippen molar-refractivity contribution in [3.8, 4) is 0 Å². The minimum absolute atomic E-state index is 0.0482. The van der Waals surface area contributed by atoms with Crippen molar-refractivity contribution in [2.75, 3.05) is 26.4 Å². The summed E-state index contributed by atoms with van der Waals surface area (Å²) in [5, 5.41) is 3.11. The van der Waals surface area contributed by atoms with Crippen molar-refractivity contribution in [1.82, 2.24) is 5.32 Å². The maximum atomic E-state index is 13.9. The minimum atomic E-state index is -8.03. The lowest BCUT2D eigenvalue weighted by molar-refractivity contribution is -0.474. The Kier molecular flexibility index (Phi) is 16.5. The summed E-state index contributed by atoms with van der Waals surface area (Å²) in [6.07, 6.45) is -75.6. The highest BCUT2D eigenvalue weighted by molar-refractivity contribution is 5.08. The van der Waals surface area contributed by atoms with Crippen LogP contribution >= 0.6 is 0 Å². The molecule has 1 heterocycles. The predicted molar refractivity (Wildman–Crippen MR) is 152 cm³/mol. The number of piperidine rings is 1. The van der Waals surface area contributed by atoms with Gasteiger partial charge in [-0.1, -0.05) is 27.7 Å². The second-order valence-corrected chi connectivity index (χ2v) is 14.3. The molecule has 32 heteroatoms. The predicted octanol–water partition coefficient (Wildman–Crippen LogP) is 12.2. The average molecular weight is 986 g/mol. The summed E-state index contributed by atoms with van der Waals surface area (Å²) in [4.78, 5) is 0. The molecule has 62 heavy (non-hydrogen) atoms. The molecule has 1 fully saturated rings. The molecular weight excluding hydrogens is 951 g/mol. The molecule has 1 aliphatic rings. The van der Waals surface area contributed by atoms with Crippen LogP contribution in [0.2, 0.25) is 0 Å². The first-order chi connectivity index (χ1) is 27.1. The largest absolute Gasteiger partial charge is 0.435 e. The molecule has 1 N–H and O–H groups in total. The summed E-state index contributed by atoms with van der Waals surface area (Å²) >= 11 is 0. The third-order valence-electron chi connectivity index (χ3n) is 10.5. The highest BCUT2D eigenvalue weighted by Gasteiger charge is 2.88. The van der Waals surface area contributed by atoms with Crippen molar-refractivity contribution in [2.45, 2.75) is 156 Å². The molecule has 1 saturated heterocycles. The maximum absolute atomic E-state index is 13.9. The van der Waals surface area contributed by atoms with Gasteiger partial charge < -0.3 is 24.3 Å². The number of halogens is 27. The molecule has 0 aromatic heterocycles. The Morgan fingerprint density at radius 3 is 0.710 bits per heavy atom. The van der Waals surface area contributed by atoms with E-state index < -0.39 is 134 Å². The van der Waals surface area contributed by atoms with E-state index in [4.69, 9.17) is 4.74 Å². The van der Waals surface area contributed by atoms with Crippen LogP contribution < -0.4 is 5.32 Å². The van der Waals surface area contributed by atoms with Gasteiger partial charge in [-0.2, -0.15) is 119 Å². The molecule has 0 atom stereocenters. The van der Waals surface area contributed by atoms with E-state index >= 15 is 0 Å². The highest BCUT2D eigenvalue weighted by atomic mass is 19.5. The van der Waals surface area contributed by atoms with Crippen LogP contribution in [-0.4, -0.2) is 116 Å². The van der Waals surface area contributed by atoms with Crippen LogP contribution in [0.5, 0.6) is 0 Å². The normalized spacial score (nSPS) is 19.0. The lowest BCUT2D eigenvalue weighted by Crippen LogP contribution is -2.71. The van der Waals surface area contributed by atoms with Crippen molar-refractivity contribution in [2.24, 2.45) is 5.41 Å². The van der Waals surface area contributed by atoms with Crippen molar-refractivity contribution in [1.29, 1.82) is 0 Å². The van der Waals surface area contributed by atoms with Crippen LogP contribution in [0.4, 0.5) is 119 Å². The number of nitrogens with one attached hydrogen (secondary N) is 1. The average Bonchev–Trinajstić information content (AvgIpc) is 3.01. The molecule has 0 spiro atoms. The fourth-order valence-corrected chi connectivity index (χ4v) is 6.67. The summed E-state index contributed by atoms with van der Waals surface area (Å²) in [5.41, 5.74) is -31.4. The van der Waals surface area contributed by atoms with Gasteiger partial charge in [-0.05, 0) is 38.5 Å². The molecule has 0 radical (unpaired) electrons. The number of alkyl halides is 27. The van der Waals surface area contributed by atoms with Crippen LogP contribution in [0.25, 0.3) is 0 Å². The Labute approximate surface area is 331 Å². The van der Waals surface area contributed by atoms with Crippen LogP contribution in [0.15, 0.2) is 0 Å². The number of ether oxygens (including phenoxy) is 4. The highest BCUT2D eigenvalue weighted by Crippen LogP contribution is 2.59. The number of rotatable bonds is 16. The van der Waals surface area contributed by atoms with Gasteiger partial charge in [0.1, 0.15) is 0 Å². The fourth-order valence-electron chi connectivity index (χ4n) is 6.67. The third-order valence-corrected chi connectivity index (χ3v) is 10.5. The topological polar surface area (TPSA) is 49.0 Å². The first-order valence-electron chi connectivity index (χ1n) is 17.0. The molecule has 5 nitrogen and oxygen atoms in total. The molecule has 372 valence electrons. The van der Waals surface area contributed by atoms with E-state index in [1.807, 2.05) is 0 Å². The summed E-state index contributed by atoms with van der Waals surface area (Å²) < 4.78 is 389. The monoisotopic (exact) mass is 985 g/mol. The van der Waals surface area contributed by atoms with Gasteiger partial charge in [-0.15, -0.1) is 0 Å². The van der Waals surface area contributed by atoms with E-state index in [-0.39, 0.29) is 25.7 Å². The van der Waals surface area contributed by atoms with Crippen LogP contribution in [-0.2, 0) is 18.9 Å². The van der Waals surface area contributed by atoms with E-state index in [1.54, 1.807) is 0 Å². The van der Waals surface area contributed by atoms with Gasteiger partial charge in [0.15, 0.2) is 0 Å². The van der Waals surface area contributed by atoms with E-state index in [0.29, 0.717) is 0 Å². The van der Waals surface area contributed by atoms with Gasteiger partial charge in [0.25, 0.3) is 0 Å². The second-order valence-electron chi connectivity index (χ2n) is 14.3.